The molecule has 9 heteroatoms. The molecule has 0 aromatic heterocycles. The Morgan fingerprint density at radius 2 is 1.96 bits per heavy atom. The first kappa shape index (κ1) is 19.1. The Kier molecular flexibility index (Phi) is 5.23. The molecule has 3 rings (SSSR count). The number of anilines is 1. The van der Waals surface area contributed by atoms with Crippen molar-refractivity contribution in [2.45, 2.75) is 49.5 Å². The van der Waals surface area contributed by atoms with Crippen molar-refractivity contribution in [3.05, 3.63) is 28.3 Å². The molecule has 1 saturated heterocycles. The predicted molar refractivity (Wildman–Crippen MR) is 97.5 cm³/mol. The van der Waals surface area contributed by atoms with Crippen molar-refractivity contribution in [1.29, 1.82) is 0 Å². The Bertz CT molecular complexity index is 788. The quantitative estimate of drug-likeness (QED) is 0.552. The number of hydrogen-bond acceptors (Lipinski definition) is 6. The van der Waals surface area contributed by atoms with Crippen molar-refractivity contribution in [2.24, 2.45) is 5.92 Å². The molecule has 1 aliphatic heterocycles. The molecule has 1 atom stereocenters. The average molecular weight is 383 g/mol. The second kappa shape index (κ2) is 7.13. The fourth-order valence-electron chi connectivity index (χ4n) is 3.48. The molecule has 144 valence electrons. The van der Waals surface area contributed by atoms with Crippen LogP contribution in [0.25, 0.3) is 0 Å². The van der Waals surface area contributed by atoms with Gasteiger partial charge in [0, 0.05) is 19.2 Å². The number of nitro groups is 1. The maximum Gasteiger partial charge on any atom is 0.293 e. The predicted octanol–water partition coefficient (Wildman–Crippen LogP) is 2.34. The molecule has 2 aliphatic rings. The van der Waals surface area contributed by atoms with Crippen LogP contribution in [0.3, 0.4) is 0 Å². The van der Waals surface area contributed by atoms with Crippen molar-refractivity contribution in [3.8, 4) is 0 Å². The highest BCUT2D eigenvalue weighted by atomic mass is 32.2. The van der Waals surface area contributed by atoms with E-state index in [9.17, 15) is 23.6 Å². The highest BCUT2D eigenvalue weighted by molar-refractivity contribution is 7.89. The summed E-state index contributed by atoms with van der Waals surface area (Å²) in [5.74, 6) is 0.254. The normalized spacial score (nSPS) is 21.2. The van der Waals surface area contributed by atoms with Gasteiger partial charge in [-0.1, -0.05) is 6.42 Å². The van der Waals surface area contributed by atoms with Crippen LogP contribution in [-0.4, -0.2) is 48.0 Å². The third-order valence-electron chi connectivity index (χ3n) is 5.35. The fourth-order valence-corrected chi connectivity index (χ4v) is 5.02. The number of rotatable bonds is 7. The van der Waals surface area contributed by atoms with Gasteiger partial charge in [0.2, 0.25) is 10.0 Å². The molecule has 2 fully saturated rings. The van der Waals surface area contributed by atoms with Gasteiger partial charge in [-0.05, 0) is 50.7 Å². The Balaban J connectivity index is 1.93. The molecule has 1 heterocycles. The molecule has 0 bridgehead atoms. The first-order valence-electron chi connectivity index (χ1n) is 8.95. The van der Waals surface area contributed by atoms with E-state index in [4.69, 9.17) is 0 Å². The smallest absolute Gasteiger partial charge is 0.293 e. The fraction of sp³-hybridized carbons (Fsp3) is 0.647. The van der Waals surface area contributed by atoms with Crippen LogP contribution < -0.4 is 5.32 Å². The summed E-state index contributed by atoms with van der Waals surface area (Å²) in [7, 11) is -3.74. The molecular weight excluding hydrogens is 358 g/mol. The third kappa shape index (κ3) is 3.70. The van der Waals surface area contributed by atoms with E-state index in [2.05, 4.69) is 5.32 Å². The van der Waals surface area contributed by atoms with Crippen molar-refractivity contribution in [3.63, 3.8) is 0 Å². The van der Waals surface area contributed by atoms with Gasteiger partial charge < -0.3 is 10.4 Å². The molecule has 2 N–H and O–H groups in total. The Morgan fingerprint density at radius 3 is 2.50 bits per heavy atom. The monoisotopic (exact) mass is 383 g/mol. The van der Waals surface area contributed by atoms with Crippen molar-refractivity contribution in [1.82, 2.24) is 4.31 Å². The van der Waals surface area contributed by atoms with Crippen LogP contribution in [0.5, 0.6) is 0 Å². The number of sulfonamides is 1. The first-order valence-corrected chi connectivity index (χ1v) is 10.4. The van der Waals surface area contributed by atoms with E-state index < -0.39 is 20.5 Å². The van der Waals surface area contributed by atoms with E-state index in [-0.39, 0.29) is 28.8 Å². The lowest BCUT2D eigenvalue weighted by Crippen LogP contribution is -2.41. The zero-order valence-corrected chi connectivity index (χ0v) is 15.7. The van der Waals surface area contributed by atoms with Gasteiger partial charge in [0.05, 0.1) is 22.0 Å². The van der Waals surface area contributed by atoms with E-state index >= 15 is 0 Å². The van der Waals surface area contributed by atoms with Gasteiger partial charge >= 0.3 is 0 Å². The van der Waals surface area contributed by atoms with Crippen LogP contribution >= 0.6 is 0 Å². The summed E-state index contributed by atoms with van der Waals surface area (Å²) >= 11 is 0. The van der Waals surface area contributed by atoms with Crippen LogP contribution in [0.1, 0.15) is 39.0 Å². The lowest BCUT2D eigenvalue weighted by molar-refractivity contribution is -0.384. The molecule has 1 aromatic carbocycles. The summed E-state index contributed by atoms with van der Waals surface area (Å²) in [5.41, 5.74) is -0.711. The first-order chi connectivity index (χ1) is 12.3. The van der Waals surface area contributed by atoms with Gasteiger partial charge in [-0.2, -0.15) is 4.31 Å². The summed E-state index contributed by atoms with van der Waals surface area (Å²) in [6.45, 7) is 2.57. The minimum absolute atomic E-state index is 0.0613. The molecule has 8 nitrogen and oxygen atoms in total. The molecule has 0 spiro atoms. The SMILES string of the molecule is C[C@@](CO)(Nc1ccc(S(=O)(=O)N2CCCCC2)cc1[N+](=O)[O-])C1CC1. The van der Waals surface area contributed by atoms with Crippen LogP contribution in [0.2, 0.25) is 0 Å². The Morgan fingerprint density at radius 1 is 1.31 bits per heavy atom. The minimum atomic E-state index is -3.74. The topological polar surface area (TPSA) is 113 Å². The second-order valence-electron chi connectivity index (χ2n) is 7.38. The molecule has 26 heavy (non-hydrogen) atoms. The van der Waals surface area contributed by atoms with Gasteiger partial charge in [-0.3, -0.25) is 10.1 Å². The molecular formula is C17H25N3O5S. The number of benzene rings is 1. The van der Waals surface area contributed by atoms with Gasteiger partial charge in [0.25, 0.3) is 5.69 Å². The van der Waals surface area contributed by atoms with Crippen molar-refractivity contribution >= 4 is 21.4 Å². The molecule has 0 unspecified atom stereocenters. The van der Waals surface area contributed by atoms with E-state index in [0.29, 0.717) is 13.1 Å². The minimum Gasteiger partial charge on any atom is -0.394 e. The second-order valence-corrected chi connectivity index (χ2v) is 9.31. The summed E-state index contributed by atoms with van der Waals surface area (Å²) in [5, 5.41) is 24.3. The van der Waals surface area contributed by atoms with Gasteiger partial charge in [0.1, 0.15) is 5.69 Å². The number of aliphatic hydroxyl groups is 1. The molecule has 0 radical (unpaired) electrons. The molecule has 1 saturated carbocycles. The number of nitro benzene ring substituents is 1. The summed E-state index contributed by atoms with van der Waals surface area (Å²) < 4.78 is 26.9. The Hall–Kier alpha value is -1.71. The lowest BCUT2D eigenvalue weighted by Gasteiger charge is -2.30. The Labute approximate surface area is 153 Å². The third-order valence-corrected chi connectivity index (χ3v) is 7.24. The average Bonchev–Trinajstić information content (AvgIpc) is 3.48. The van der Waals surface area contributed by atoms with E-state index in [1.54, 1.807) is 0 Å². The zero-order chi connectivity index (χ0) is 18.9. The van der Waals surface area contributed by atoms with E-state index in [0.717, 1.165) is 38.2 Å². The van der Waals surface area contributed by atoms with Gasteiger partial charge in [-0.25, -0.2) is 8.42 Å². The van der Waals surface area contributed by atoms with Crippen LogP contribution in [0, 0.1) is 16.0 Å². The summed E-state index contributed by atoms with van der Waals surface area (Å²) in [6.07, 6.45) is 4.52. The maximum atomic E-state index is 12.8. The van der Waals surface area contributed by atoms with E-state index in [1.165, 1.54) is 16.4 Å². The number of piperidine rings is 1. The zero-order valence-electron chi connectivity index (χ0n) is 14.8. The number of nitrogens with one attached hydrogen (secondary N) is 1. The van der Waals surface area contributed by atoms with E-state index in [1.807, 2.05) is 6.92 Å². The largest absolute Gasteiger partial charge is 0.394 e. The highest BCUT2D eigenvalue weighted by Gasteiger charge is 2.42. The molecule has 1 aromatic rings. The van der Waals surface area contributed by atoms with Gasteiger partial charge in [-0.15, -0.1) is 0 Å². The maximum absolute atomic E-state index is 12.8. The van der Waals surface area contributed by atoms with Crippen LogP contribution in [0.15, 0.2) is 23.1 Å². The number of nitrogens with zero attached hydrogens (tertiary/aromatic N) is 2. The lowest BCUT2D eigenvalue weighted by atomic mass is 9.96. The number of hydrogen-bond donors (Lipinski definition) is 2. The molecule has 1 aliphatic carbocycles. The summed E-state index contributed by atoms with van der Waals surface area (Å²) in [4.78, 5) is 10.9. The molecule has 0 amide bonds. The highest BCUT2D eigenvalue weighted by Crippen LogP contribution is 2.42. The van der Waals surface area contributed by atoms with Crippen molar-refractivity contribution in [2.75, 3.05) is 25.0 Å². The standard InChI is InChI=1S/C17H25N3O5S/c1-17(12-21,13-5-6-13)18-15-8-7-14(11-16(15)20(22)23)26(24,25)19-9-3-2-4-10-19/h7-8,11,13,18,21H,2-6,9-10,12H2,1H3/t17-/m0/s1. The summed E-state index contributed by atoms with van der Waals surface area (Å²) in [6, 6.07) is 3.96. The van der Waals surface area contributed by atoms with Crippen LogP contribution in [0.4, 0.5) is 11.4 Å². The van der Waals surface area contributed by atoms with Crippen molar-refractivity contribution < 1.29 is 18.4 Å². The number of aliphatic hydroxyl groups excluding tert-OH is 1. The van der Waals surface area contributed by atoms with Crippen LogP contribution in [-0.2, 0) is 10.0 Å². The van der Waals surface area contributed by atoms with Gasteiger partial charge in [0.15, 0.2) is 0 Å².